The zero-order chi connectivity index (χ0) is 12.0. The summed E-state index contributed by atoms with van der Waals surface area (Å²) in [7, 11) is 2.00. The van der Waals surface area contributed by atoms with Crippen LogP contribution >= 0.6 is 0 Å². The molecule has 0 aliphatic heterocycles. The lowest BCUT2D eigenvalue weighted by molar-refractivity contribution is 0.0846. The first-order valence-electron chi connectivity index (χ1n) is 5.52. The summed E-state index contributed by atoms with van der Waals surface area (Å²) in [5.74, 6) is 0. The highest BCUT2D eigenvalue weighted by molar-refractivity contribution is 5.45. The van der Waals surface area contributed by atoms with Gasteiger partial charge in [-0.1, -0.05) is 0 Å². The Morgan fingerprint density at radius 2 is 2.25 bits per heavy atom. The van der Waals surface area contributed by atoms with Crippen molar-refractivity contribution in [1.82, 2.24) is 4.98 Å². The normalized spacial score (nSPS) is 10.8. The fraction of sp³-hybridized carbons (Fsp3) is 0.583. The van der Waals surface area contributed by atoms with Crippen molar-refractivity contribution < 1.29 is 9.84 Å². The second kappa shape index (κ2) is 6.45. The van der Waals surface area contributed by atoms with Crippen molar-refractivity contribution in [2.24, 2.45) is 0 Å². The van der Waals surface area contributed by atoms with Crippen LogP contribution in [-0.4, -0.2) is 36.4 Å². The van der Waals surface area contributed by atoms with E-state index in [2.05, 4.69) is 9.88 Å². The third-order valence-electron chi connectivity index (χ3n) is 2.28. The molecule has 0 unspecified atom stereocenters. The van der Waals surface area contributed by atoms with Gasteiger partial charge in [0, 0.05) is 25.5 Å². The lowest BCUT2D eigenvalue weighted by Crippen LogP contribution is -2.24. The number of likely N-dealkylation sites (N-methyl/N-ethyl adjacent to an activating group) is 1. The second-order valence-corrected chi connectivity index (χ2v) is 4.00. The smallest absolute Gasteiger partial charge is 0.0853 e. The van der Waals surface area contributed by atoms with E-state index in [1.54, 1.807) is 6.20 Å². The van der Waals surface area contributed by atoms with Crippen LogP contribution in [0.1, 0.15) is 19.5 Å². The van der Waals surface area contributed by atoms with Gasteiger partial charge in [-0.05, 0) is 26.0 Å². The van der Waals surface area contributed by atoms with E-state index < -0.39 is 0 Å². The van der Waals surface area contributed by atoms with Gasteiger partial charge in [0.1, 0.15) is 0 Å². The standard InChI is InChI=1S/C12H20N2O2/c1-10(2)16-7-6-14(3)12-4-5-13-11(8-12)9-15/h4-5,8,10,15H,6-7,9H2,1-3H3. The third kappa shape index (κ3) is 4.16. The fourth-order valence-electron chi connectivity index (χ4n) is 1.34. The number of nitrogens with zero attached hydrogens (tertiary/aromatic N) is 2. The summed E-state index contributed by atoms with van der Waals surface area (Å²) in [5, 5.41) is 8.99. The molecule has 90 valence electrons. The van der Waals surface area contributed by atoms with Crippen molar-refractivity contribution in [2.45, 2.75) is 26.6 Å². The number of aliphatic hydroxyl groups excluding tert-OH is 1. The van der Waals surface area contributed by atoms with Crippen molar-refractivity contribution in [1.29, 1.82) is 0 Å². The number of pyridine rings is 1. The largest absolute Gasteiger partial charge is 0.390 e. The Morgan fingerprint density at radius 3 is 2.88 bits per heavy atom. The first kappa shape index (κ1) is 12.9. The number of hydrogen-bond donors (Lipinski definition) is 1. The molecule has 0 aromatic carbocycles. The topological polar surface area (TPSA) is 45.6 Å². The van der Waals surface area contributed by atoms with Crippen LogP contribution in [-0.2, 0) is 11.3 Å². The molecule has 16 heavy (non-hydrogen) atoms. The van der Waals surface area contributed by atoms with Gasteiger partial charge < -0.3 is 14.7 Å². The minimum Gasteiger partial charge on any atom is -0.390 e. The molecule has 1 aromatic rings. The molecule has 0 bridgehead atoms. The number of aromatic nitrogens is 1. The van der Waals surface area contributed by atoms with Gasteiger partial charge in [-0.3, -0.25) is 4.98 Å². The van der Waals surface area contributed by atoms with E-state index in [4.69, 9.17) is 9.84 Å². The maximum absolute atomic E-state index is 8.99. The zero-order valence-corrected chi connectivity index (χ0v) is 10.2. The Kier molecular flexibility index (Phi) is 5.22. The molecule has 0 fully saturated rings. The molecule has 0 atom stereocenters. The van der Waals surface area contributed by atoms with Crippen LogP contribution in [0, 0.1) is 0 Å². The van der Waals surface area contributed by atoms with Gasteiger partial charge in [-0.2, -0.15) is 0 Å². The van der Waals surface area contributed by atoms with E-state index >= 15 is 0 Å². The molecule has 0 spiro atoms. The lowest BCUT2D eigenvalue weighted by atomic mass is 10.3. The number of hydrogen-bond acceptors (Lipinski definition) is 4. The quantitative estimate of drug-likeness (QED) is 0.794. The molecule has 1 N–H and O–H groups in total. The minimum absolute atomic E-state index is 0.0236. The first-order valence-corrected chi connectivity index (χ1v) is 5.52. The van der Waals surface area contributed by atoms with Crippen molar-refractivity contribution in [3.8, 4) is 0 Å². The van der Waals surface area contributed by atoms with Crippen LogP contribution in [0.3, 0.4) is 0 Å². The number of anilines is 1. The highest BCUT2D eigenvalue weighted by atomic mass is 16.5. The molecule has 0 saturated heterocycles. The van der Waals surface area contributed by atoms with E-state index in [1.165, 1.54) is 0 Å². The average molecular weight is 224 g/mol. The maximum atomic E-state index is 8.99. The van der Waals surface area contributed by atoms with E-state index in [1.807, 2.05) is 33.0 Å². The fourth-order valence-corrected chi connectivity index (χ4v) is 1.34. The summed E-state index contributed by atoms with van der Waals surface area (Å²) < 4.78 is 5.48. The Labute approximate surface area is 96.9 Å². The van der Waals surface area contributed by atoms with E-state index in [0.29, 0.717) is 12.3 Å². The average Bonchev–Trinajstić information content (AvgIpc) is 2.28. The van der Waals surface area contributed by atoms with Gasteiger partial charge in [0.05, 0.1) is 25.0 Å². The Bertz CT molecular complexity index is 316. The van der Waals surface area contributed by atoms with Crippen LogP contribution in [0.2, 0.25) is 0 Å². The molecule has 1 aromatic heterocycles. The molecule has 0 saturated carbocycles. The number of aliphatic hydroxyl groups is 1. The molecule has 1 heterocycles. The highest BCUT2D eigenvalue weighted by Crippen LogP contribution is 2.12. The van der Waals surface area contributed by atoms with E-state index in [9.17, 15) is 0 Å². The number of ether oxygens (including phenoxy) is 1. The van der Waals surface area contributed by atoms with Gasteiger partial charge in [-0.25, -0.2) is 0 Å². The summed E-state index contributed by atoms with van der Waals surface area (Å²) in [4.78, 5) is 6.13. The molecular formula is C12H20N2O2. The summed E-state index contributed by atoms with van der Waals surface area (Å²) in [5.41, 5.74) is 1.74. The molecule has 4 heteroatoms. The molecule has 0 aliphatic carbocycles. The molecule has 0 amide bonds. The van der Waals surface area contributed by atoms with Crippen LogP contribution in [0.25, 0.3) is 0 Å². The number of rotatable bonds is 6. The third-order valence-corrected chi connectivity index (χ3v) is 2.28. The van der Waals surface area contributed by atoms with Gasteiger partial charge in [0.15, 0.2) is 0 Å². The maximum Gasteiger partial charge on any atom is 0.0853 e. The Hall–Kier alpha value is -1.13. The zero-order valence-electron chi connectivity index (χ0n) is 10.2. The predicted molar refractivity (Wildman–Crippen MR) is 64.5 cm³/mol. The monoisotopic (exact) mass is 224 g/mol. The van der Waals surface area contributed by atoms with Gasteiger partial charge in [0.25, 0.3) is 0 Å². The summed E-state index contributed by atoms with van der Waals surface area (Å²) in [6.45, 7) is 5.55. The molecule has 0 radical (unpaired) electrons. The molecule has 4 nitrogen and oxygen atoms in total. The van der Waals surface area contributed by atoms with Crippen LogP contribution in [0.5, 0.6) is 0 Å². The van der Waals surface area contributed by atoms with E-state index in [-0.39, 0.29) is 12.7 Å². The predicted octanol–water partition coefficient (Wildman–Crippen LogP) is 1.44. The minimum atomic E-state index is -0.0236. The molecular weight excluding hydrogens is 204 g/mol. The van der Waals surface area contributed by atoms with Crippen molar-refractivity contribution in [2.75, 3.05) is 25.1 Å². The SMILES string of the molecule is CC(C)OCCN(C)c1ccnc(CO)c1. The van der Waals surface area contributed by atoms with Gasteiger partial charge >= 0.3 is 0 Å². The Balaban J connectivity index is 2.48. The van der Waals surface area contributed by atoms with Crippen molar-refractivity contribution >= 4 is 5.69 Å². The van der Waals surface area contributed by atoms with Crippen molar-refractivity contribution in [3.63, 3.8) is 0 Å². The summed E-state index contributed by atoms with van der Waals surface area (Å²) in [6.07, 6.45) is 1.97. The summed E-state index contributed by atoms with van der Waals surface area (Å²) in [6, 6.07) is 3.81. The molecule has 0 aliphatic rings. The first-order chi connectivity index (χ1) is 7.63. The lowest BCUT2D eigenvalue weighted by Gasteiger charge is -2.20. The Morgan fingerprint density at radius 1 is 1.50 bits per heavy atom. The summed E-state index contributed by atoms with van der Waals surface area (Å²) >= 11 is 0. The van der Waals surface area contributed by atoms with Crippen LogP contribution < -0.4 is 4.90 Å². The highest BCUT2D eigenvalue weighted by Gasteiger charge is 2.02. The second-order valence-electron chi connectivity index (χ2n) is 4.00. The van der Waals surface area contributed by atoms with Gasteiger partial charge in [0.2, 0.25) is 0 Å². The van der Waals surface area contributed by atoms with Gasteiger partial charge in [-0.15, -0.1) is 0 Å². The van der Waals surface area contributed by atoms with Crippen LogP contribution in [0.15, 0.2) is 18.3 Å². The van der Waals surface area contributed by atoms with Crippen LogP contribution in [0.4, 0.5) is 5.69 Å². The molecule has 1 rings (SSSR count). The van der Waals surface area contributed by atoms with E-state index in [0.717, 1.165) is 12.2 Å². The van der Waals surface area contributed by atoms with Crippen molar-refractivity contribution in [3.05, 3.63) is 24.0 Å².